The third kappa shape index (κ3) is 3.67. The summed E-state index contributed by atoms with van der Waals surface area (Å²) in [5.74, 6) is 1.40. The molecule has 1 rings (SSSR count). The largest absolute Gasteiger partial charge is 0.309 e. The first-order valence-corrected chi connectivity index (χ1v) is 5.84. The SMILES string of the molecule is CC[C@@H](c1ccccc1)[C@@H](C)CN(C)C. The summed E-state index contributed by atoms with van der Waals surface area (Å²) in [5, 5.41) is 0. The Labute approximate surface area is 94.1 Å². The molecule has 0 saturated carbocycles. The van der Waals surface area contributed by atoms with E-state index in [1.54, 1.807) is 0 Å². The predicted octanol–water partition coefficient (Wildman–Crippen LogP) is 3.38. The van der Waals surface area contributed by atoms with Crippen LogP contribution in [0.4, 0.5) is 0 Å². The van der Waals surface area contributed by atoms with Crippen LogP contribution in [0, 0.1) is 5.92 Å². The average molecular weight is 205 g/mol. The molecule has 1 aromatic rings. The van der Waals surface area contributed by atoms with Crippen molar-refractivity contribution in [3.8, 4) is 0 Å². The van der Waals surface area contributed by atoms with Crippen molar-refractivity contribution in [2.75, 3.05) is 20.6 Å². The molecule has 0 aromatic heterocycles. The summed E-state index contributed by atoms with van der Waals surface area (Å²) in [6.07, 6.45) is 1.22. The summed E-state index contributed by atoms with van der Waals surface area (Å²) in [6.45, 7) is 5.79. The molecule has 0 aliphatic heterocycles. The maximum atomic E-state index is 2.35. The summed E-state index contributed by atoms with van der Waals surface area (Å²) in [6, 6.07) is 10.9. The number of hydrogen-bond donors (Lipinski definition) is 0. The molecule has 1 aromatic carbocycles. The molecule has 0 aliphatic rings. The highest BCUT2D eigenvalue weighted by Crippen LogP contribution is 2.27. The molecule has 0 fully saturated rings. The van der Waals surface area contributed by atoms with Crippen molar-refractivity contribution >= 4 is 0 Å². The Bertz CT molecular complexity index is 266. The summed E-state index contributed by atoms with van der Waals surface area (Å²) in [5.41, 5.74) is 1.48. The highest BCUT2D eigenvalue weighted by molar-refractivity contribution is 5.20. The van der Waals surface area contributed by atoms with Gasteiger partial charge in [0.15, 0.2) is 0 Å². The lowest BCUT2D eigenvalue weighted by Crippen LogP contribution is -2.24. The molecule has 0 spiro atoms. The van der Waals surface area contributed by atoms with Gasteiger partial charge in [0.25, 0.3) is 0 Å². The fourth-order valence-corrected chi connectivity index (χ4v) is 2.37. The van der Waals surface area contributed by atoms with Crippen LogP contribution in [0.1, 0.15) is 31.7 Å². The van der Waals surface area contributed by atoms with Crippen LogP contribution in [0.15, 0.2) is 30.3 Å². The van der Waals surface area contributed by atoms with Crippen LogP contribution in [0.2, 0.25) is 0 Å². The monoisotopic (exact) mass is 205 g/mol. The normalized spacial score (nSPS) is 15.3. The zero-order chi connectivity index (χ0) is 11.3. The Balaban J connectivity index is 2.71. The van der Waals surface area contributed by atoms with E-state index in [-0.39, 0.29) is 0 Å². The van der Waals surface area contributed by atoms with Crippen molar-refractivity contribution in [2.24, 2.45) is 5.92 Å². The summed E-state index contributed by atoms with van der Waals surface area (Å²) >= 11 is 0. The first-order chi connectivity index (χ1) is 7.15. The molecule has 0 unspecified atom stereocenters. The molecule has 15 heavy (non-hydrogen) atoms. The van der Waals surface area contributed by atoms with E-state index < -0.39 is 0 Å². The highest BCUT2D eigenvalue weighted by atomic mass is 15.1. The van der Waals surface area contributed by atoms with E-state index in [4.69, 9.17) is 0 Å². The lowest BCUT2D eigenvalue weighted by molar-refractivity contribution is 0.301. The zero-order valence-electron chi connectivity index (χ0n) is 10.4. The fraction of sp³-hybridized carbons (Fsp3) is 0.571. The topological polar surface area (TPSA) is 3.24 Å². The molecule has 0 aliphatic carbocycles. The Morgan fingerprint density at radius 1 is 1.13 bits per heavy atom. The standard InChI is InChI=1S/C14H23N/c1-5-14(12(2)11-15(3)4)13-9-7-6-8-10-13/h6-10,12,14H,5,11H2,1-4H3/t12-,14+/m0/s1. The predicted molar refractivity (Wildman–Crippen MR) is 67.2 cm³/mol. The van der Waals surface area contributed by atoms with E-state index in [0.717, 1.165) is 6.54 Å². The number of hydrogen-bond acceptors (Lipinski definition) is 1. The molecule has 0 radical (unpaired) electrons. The smallest absolute Gasteiger partial charge is 0.000676 e. The van der Waals surface area contributed by atoms with Gasteiger partial charge in [0.1, 0.15) is 0 Å². The molecule has 1 nitrogen and oxygen atoms in total. The highest BCUT2D eigenvalue weighted by Gasteiger charge is 2.17. The van der Waals surface area contributed by atoms with E-state index in [2.05, 4.69) is 63.2 Å². The lowest BCUT2D eigenvalue weighted by Gasteiger charge is -2.25. The maximum absolute atomic E-state index is 2.35. The minimum Gasteiger partial charge on any atom is -0.309 e. The van der Waals surface area contributed by atoms with Crippen LogP contribution in [-0.2, 0) is 0 Å². The first kappa shape index (κ1) is 12.3. The third-order valence-electron chi connectivity index (χ3n) is 3.01. The molecular formula is C14H23N. The molecular weight excluding hydrogens is 182 g/mol. The van der Waals surface area contributed by atoms with Crippen LogP contribution in [0.5, 0.6) is 0 Å². The van der Waals surface area contributed by atoms with E-state index in [1.807, 2.05) is 0 Å². The third-order valence-corrected chi connectivity index (χ3v) is 3.01. The average Bonchev–Trinajstić information content (AvgIpc) is 2.19. The molecule has 1 heteroatoms. The second kappa shape index (κ2) is 5.92. The number of nitrogens with zero attached hydrogens (tertiary/aromatic N) is 1. The van der Waals surface area contributed by atoms with E-state index in [1.165, 1.54) is 12.0 Å². The van der Waals surface area contributed by atoms with Gasteiger partial charge in [0, 0.05) is 6.54 Å². The molecule has 2 atom stereocenters. The van der Waals surface area contributed by atoms with E-state index in [9.17, 15) is 0 Å². The van der Waals surface area contributed by atoms with Gasteiger partial charge in [0.2, 0.25) is 0 Å². The lowest BCUT2D eigenvalue weighted by atomic mass is 9.85. The van der Waals surface area contributed by atoms with Gasteiger partial charge in [0.05, 0.1) is 0 Å². The molecule has 0 bridgehead atoms. The van der Waals surface area contributed by atoms with Gasteiger partial charge in [-0.25, -0.2) is 0 Å². The minimum absolute atomic E-state index is 0.689. The molecule has 84 valence electrons. The second-order valence-electron chi connectivity index (χ2n) is 4.66. The summed E-state index contributed by atoms with van der Waals surface area (Å²) in [4.78, 5) is 2.27. The van der Waals surface area contributed by atoms with Crippen molar-refractivity contribution in [1.82, 2.24) is 4.90 Å². The molecule has 0 heterocycles. The van der Waals surface area contributed by atoms with Gasteiger partial charge in [-0.2, -0.15) is 0 Å². The van der Waals surface area contributed by atoms with Crippen molar-refractivity contribution < 1.29 is 0 Å². The fourth-order valence-electron chi connectivity index (χ4n) is 2.37. The molecule has 0 N–H and O–H groups in total. The van der Waals surface area contributed by atoms with Gasteiger partial charge in [-0.3, -0.25) is 0 Å². The van der Waals surface area contributed by atoms with Crippen LogP contribution < -0.4 is 0 Å². The maximum Gasteiger partial charge on any atom is 0.000676 e. The summed E-state index contributed by atoms with van der Waals surface area (Å²) < 4.78 is 0. The van der Waals surface area contributed by atoms with Crippen molar-refractivity contribution in [1.29, 1.82) is 0 Å². The number of benzene rings is 1. The van der Waals surface area contributed by atoms with Crippen molar-refractivity contribution in [2.45, 2.75) is 26.2 Å². The van der Waals surface area contributed by atoms with Gasteiger partial charge in [-0.05, 0) is 37.9 Å². The van der Waals surface area contributed by atoms with Crippen LogP contribution in [0.25, 0.3) is 0 Å². The molecule has 0 saturated heterocycles. The van der Waals surface area contributed by atoms with Gasteiger partial charge in [-0.1, -0.05) is 44.2 Å². The van der Waals surface area contributed by atoms with E-state index in [0.29, 0.717) is 11.8 Å². The van der Waals surface area contributed by atoms with Crippen LogP contribution in [0.3, 0.4) is 0 Å². The first-order valence-electron chi connectivity index (χ1n) is 5.84. The van der Waals surface area contributed by atoms with Gasteiger partial charge < -0.3 is 4.90 Å². The van der Waals surface area contributed by atoms with Gasteiger partial charge >= 0.3 is 0 Å². The van der Waals surface area contributed by atoms with E-state index >= 15 is 0 Å². The second-order valence-corrected chi connectivity index (χ2v) is 4.66. The Hall–Kier alpha value is -0.820. The molecule has 0 amide bonds. The Morgan fingerprint density at radius 2 is 1.73 bits per heavy atom. The minimum atomic E-state index is 0.689. The van der Waals surface area contributed by atoms with Gasteiger partial charge in [-0.15, -0.1) is 0 Å². The van der Waals surface area contributed by atoms with Crippen LogP contribution >= 0.6 is 0 Å². The van der Waals surface area contributed by atoms with Crippen LogP contribution in [-0.4, -0.2) is 25.5 Å². The number of rotatable bonds is 5. The Morgan fingerprint density at radius 3 is 2.20 bits per heavy atom. The summed E-state index contributed by atoms with van der Waals surface area (Å²) in [7, 11) is 4.29. The zero-order valence-corrected chi connectivity index (χ0v) is 10.4. The van der Waals surface area contributed by atoms with Crippen molar-refractivity contribution in [3.05, 3.63) is 35.9 Å². The Kier molecular flexibility index (Phi) is 4.83. The van der Waals surface area contributed by atoms with Crippen molar-refractivity contribution in [3.63, 3.8) is 0 Å². The quantitative estimate of drug-likeness (QED) is 0.712.